The zero-order chi connectivity index (χ0) is 12.1. The van der Waals surface area contributed by atoms with E-state index in [2.05, 4.69) is 5.32 Å². The number of rotatable bonds is 2. The summed E-state index contributed by atoms with van der Waals surface area (Å²) in [5, 5.41) is 3.44. The number of aryl methyl sites for hydroxylation is 1. The molecule has 2 nitrogen and oxygen atoms in total. The first kappa shape index (κ1) is 13.0. The summed E-state index contributed by atoms with van der Waals surface area (Å²) in [4.78, 5) is 11.6. The van der Waals surface area contributed by atoms with Gasteiger partial charge in [0.05, 0.1) is 10.6 Å². The Morgan fingerprint density at radius 1 is 1.38 bits per heavy atom. The van der Waals surface area contributed by atoms with Crippen LogP contribution in [0.2, 0.25) is 5.02 Å². The molecule has 1 aromatic rings. The van der Waals surface area contributed by atoms with E-state index in [0.717, 1.165) is 18.4 Å². The van der Waals surface area contributed by atoms with Gasteiger partial charge in [-0.25, -0.2) is 0 Å². The van der Waals surface area contributed by atoms with Gasteiger partial charge in [-0.2, -0.15) is 0 Å². The smallest absolute Gasteiger partial charge is 0.253 e. The summed E-state index contributed by atoms with van der Waals surface area (Å²) in [5.41, 5.74) is 1.64. The minimum Gasteiger partial charge on any atom is -0.349 e. The van der Waals surface area contributed by atoms with E-state index in [9.17, 15) is 4.79 Å². The fourth-order valence-electron chi connectivity index (χ4n) is 1.30. The number of amides is 1. The van der Waals surface area contributed by atoms with Crippen molar-refractivity contribution in [1.82, 2.24) is 5.32 Å². The molecule has 1 aliphatic carbocycles. The number of carbonyl (C=O) groups excluding carboxylic acids is 1. The van der Waals surface area contributed by atoms with Gasteiger partial charge in [-0.15, -0.1) is 0 Å². The van der Waals surface area contributed by atoms with Gasteiger partial charge in [0.2, 0.25) is 0 Å². The molecule has 0 aliphatic heterocycles. The third-order valence-electron chi connectivity index (χ3n) is 2.28. The van der Waals surface area contributed by atoms with Gasteiger partial charge in [-0.3, -0.25) is 4.79 Å². The summed E-state index contributed by atoms with van der Waals surface area (Å²) < 4.78 is 0. The highest BCUT2D eigenvalue weighted by atomic mass is 35.5. The van der Waals surface area contributed by atoms with E-state index >= 15 is 0 Å². The van der Waals surface area contributed by atoms with Crippen molar-refractivity contribution < 1.29 is 4.79 Å². The summed E-state index contributed by atoms with van der Waals surface area (Å²) in [5.74, 6) is -0.0579. The number of halogens is 1. The normalized spacial score (nSPS) is 13.8. The molecule has 0 aromatic heterocycles. The second-order valence-electron chi connectivity index (χ2n) is 3.73. The molecular formula is C13H18ClNO. The molecule has 1 fully saturated rings. The lowest BCUT2D eigenvalue weighted by Gasteiger charge is -2.05. The Morgan fingerprint density at radius 2 is 2.00 bits per heavy atom. The van der Waals surface area contributed by atoms with E-state index in [1.165, 1.54) is 0 Å². The summed E-state index contributed by atoms with van der Waals surface area (Å²) in [6.45, 7) is 5.95. The van der Waals surface area contributed by atoms with Crippen LogP contribution in [0.25, 0.3) is 0 Å². The molecule has 1 aromatic carbocycles. The topological polar surface area (TPSA) is 29.1 Å². The minimum atomic E-state index is -0.0579. The van der Waals surface area contributed by atoms with Crippen molar-refractivity contribution in [2.24, 2.45) is 0 Å². The average molecular weight is 240 g/mol. The van der Waals surface area contributed by atoms with Gasteiger partial charge in [0.15, 0.2) is 0 Å². The zero-order valence-electron chi connectivity index (χ0n) is 10.0. The maximum Gasteiger partial charge on any atom is 0.253 e. The van der Waals surface area contributed by atoms with Crippen LogP contribution in [0.3, 0.4) is 0 Å². The fourth-order valence-corrected chi connectivity index (χ4v) is 1.62. The van der Waals surface area contributed by atoms with E-state index in [1.807, 2.05) is 32.9 Å². The standard InChI is InChI=1S/C11H12ClNO.C2H6/c1-7-2-5-9(10(12)6-7)11(14)13-8-3-4-8;1-2/h2,5-6,8H,3-4H2,1H3,(H,13,14);1-2H3. The van der Waals surface area contributed by atoms with Gasteiger partial charge in [0.25, 0.3) is 5.91 Å². The summed E-state index contributed by atoms with van der Waals surface area (Å²) in [7, 11) is 0. The predicted molar refractivity (Wildman–Crippen MR) is 68.0 cm³/mol. The first-order valence-electron chi connectivity index (χ1n) is 5.74. The van der Waals surface area contributed by atoms with Crippen molar-refractivity contribution in [2.75, 3.05) is 0 Å². The largest absolute Gasteiger partial charge is 0.349 e. The fraction of sp³-hybridized carbons (Fsp3) is 0.462. The molecule has 0 heterocycles. The van der Waals surface area contributed by atoms with Crippen LogP contribution >= 0.6 is 11.6 Å². The summed E-state index contributed by atoms with van der Waals surface area (Å²) >= 11 is 5.97. The van der Waals surface area contributed by atoms with E-state index in [-0.39, 0.29) is 5.91 Å². The molecular weight excluding hydrogens is 222 g/mol. The Bertz CT molecular complexity index is 372. The average Bonchev–Trinajstić information content (AvgIpc) is 3.04. The number of carbonyl (C=O) groups is 1. The lowest BCUT2D eigenvalue weighted by atomic mass is 10.1. The molecule has 0 atom stereocenters. The van der Waals surface area contributed by atoms with Gasteiger partial charge < -0.3 is 5.32 Å². The number of benzene rings is 1. The first-order valence-corrected chi connectivity index (χ1v) is 6.11. The molecule has 1 saturated carbocycles. The van der Waals surface area contributed by atoms with Crippen molar-refractivity contribution in [3.05, 3.63) is 34.3 Å². The molecule has 0 radical (unpaired) electrons. The maximum atomic E-state index is 11.6. The van der Waals surface area contributed by atoms with Crippen LogP contribution in [0.15, 0.2) is 18.2 Å². The molecule has 88 valence electrons. The van der Waals surface area contributed by atoms with Crippen molar-refractivity contribution >= 4 is 17.5 Å². The van der Waals surface area contributed by atoms with E-state index in [1.54, 1.807) is 6.07 Å². The highest BCUT2D eigenvalue weighted by molar-refractivity contribution is 6.33. The van der Waals surface area contributed by atoms with Crippen molar-refractivity contribution in [3.8, 4) is 0 Å². The minimum absolute atomic E-state index is 0.0579. The van der Waals surface area contributed by atoms with Crippen LogP contribution in [0.4, 0.5) is 0 Å². The van der Waals surface area contributed by atoms with Crippen LogP contribution in [0, 0.1) is 6.92 Å². The summed E-state index contributed by atoms with van der Waals surface area (Å²) in [6.07, 6.45) is 2.18. The quantitative estimate of drug-likeness (QED) is 0.840. The van der Waals surface area contributed by atoms with Crippen molar-refractivity contribution in [1.29, 1.82) is 0 Å². The third-order valence-corrected chi connectivity index (χ3v) is 2.59. The Morgan fingerprint density at radius 3 is 2.50 bits per heavy atom. The Hall–Kier alpha value is -1.02. The summed E-state index contributed by atoms with van der Waals surface area (Å²) in [6, 6.07) is 5.85. The van der Waals surface area contributed by atoms with Crippen molar-refractivity contribution in [3.63, 3.8) is 0 Å². The second-order valence-corrected chi connectivity index (χ2v) is 4.14. The molecule has 1 N–H and O–H groups in total. The van der Waals surface area contributed by atoms with Gasteiger partial charge >= 0.3 is 0 Å². The van der Waals surface area contributed by atoms with Crippen LogP contribution in [-0.2, 0) is 0 Å². The lowest BCUT2D eigenvalue weighted by molar-refractivity contribution is 0.0951. The molecule has 0 unspecified atom stereocenters. The third kappa shape index (κ3) is 3.53. The molecule has 2 rings (SSSR count). The number of hydrogen-bond acceptors (Lipinski definition) is 1. The van der Waals surface area contributed by atoms with Gasteiger partial charge in [-0.05, 0) is 37.5 Å². The van der Waals surface area contributed by atoms with Crippen molar-refractivity contribution in [2.45, 2.75) is 39.7 Å². The number of nitrogens with one attached hydrogen (secondary N) is 1. The van der Waals surface area contributed by atoms with Gasteiger partial charge in [0, 0.05) is 6.04 Å². The highest BCUT2D eigenvalue weighted by Crippen LogP contribution is 2.22. The van der Waals surface area contributed by atoms with E-state index in [0.29, 0.717) is 16.6 Å². The number of hydrogen-bond donors (Lipinski definition) is 1. The Balaban J connectivity index is 0.000000606. The molecule has 0 saturated heterocycles. The molecule has 0 spiro atoms. The zero-order valence-corrected chi connectivity index (χ0v) is 10.8. The SMILES string of the molecule is CC.Cc1ccc(C(=O)NC2CC2)c(Cl)c1. The molecule has 3 heteroatoms. The highest BCUT2D eigenvalue weighted by Gasteiger charge is 2.24. The monoisotopic (exact) mass is 239 g/mol. The maximum absolute atomic E-state index is 11.6. The lowest BCUT2D eigenvalue weighted by Crippen LogP contribution is -2.25. The molecule has 16 heavy (non-hydrogen) atoms. The predicted octanol–water partition coefficient (Wildman–Crippen LogP) is 3.57. The van der Waals surface area contributed by atoms with E-state index in [4.69, 9.17) is 11.6 Å². The van der Waals surface area contributed by atoms with Crippen LogP contribution in [0.1, 0.15) is 42.6 Å². The first-order chi connectivity index (χ1) is 7.66. The van der Waals surface area contributed by atoms with Crippen LogP contribution < -0.4 is 5.32 Å². The molecule has 1 aliphatic rings. The van der Waals surface area contributed by atoms with E-state index < -0.39 is 0 Å². The van der Waals surface area contributed by atoms with Crippen LogP contribution in [-0.4, -0.2) is 11.9 Å². The Kier molecular flexibility index (Phi) is 4.81. The molecule has 0 bridgehead atoms. The van der Waals surface area contributed by atoms with Gasteiger partial charge in [-0.1, -0.05) is 31.5 Å². The molecule has 1 amide bonds. The van der Waals surface area contributed by atoms with Crippen LogP contribution in [0.5, 0.6) is 0 Å². The second kappa shape index (κ2) is 5.90. The van der Waals surface area contributed by atoms with Gasteiger partial charge in [0.1, 0.15) is 0 Å². The Labute approximate surface area is 102 Å².